The van der Waals surface area contributed by atoms with Crippen LogP contribution >= 0.6 is 0 Å². The van der Waals surface area contributed by atoms with E-state index in [-0.39, 0.29) is 11.6 Å². The number of rotatable bonds is 4. The van der Waals surface area contributed by atoms with E-state index in [0.29, 0.717) is 10.5 Å². The molecule has 4 nitrogen and oxygen atoms in total. The fourth-order valence-electron chi connectivity index (χ4n) is 2.61. The van der Waals surface area contributed by atoms with Crippen LogP contribution in [0.3, 0.4) is 0 Å². The van der Waals surface area contributed by atoms with Gasteiger partial charge in [0, 0.05) is 19.7 Å². The van der Waals surface area contributed by atoms with Gasteiger partial charge in [-0.1, -0.05) is 48.0 Å². The highest BCUT2D eigenvalue weighted by atomic mass is 32.2. The van der Waals surface area contributed by atoms with Crippen LogP contribution in [-0.2, 0) is 11.0 Å². The number of hydrogen-bond acceptors (Lipinski definition) is 2. The largest absolute Gasteiger partial charge is 0.359 e. The van der Waals surface area contributed by atoms with E-state index in [4.69, 9.17) is 0 Å². The quantitative estimate of drug-likeness (QED) is 0.485. The average molecular weight is 342 g/mol. The zero-order chi connectivity index (χ0) is 17.9. The summed E-state index contributed by atoms with van der Waals surface area (Å²) in [5, 5.41) is 0. The molecule has 0 bridgehead atoms. The molecule has 0 aliphatic rings. The average Bonchev–Trinajstić information content (AvgIpc) is 2.51. The minimum absolute atomic E-state index is 0.180. The van der Waals surface area contributed by atoms with Gasteiger partial charge in [-0.05, 0) is 31.9 Å². The summed E-state index contributed by atoms with van der Waals surface area (Å²) >= 11 is 0. The molecule has 5 heteroatoms. The van der Waals surface area contributed by atoms with Crippen molar-refractivity contribution in [3.8, 4) is 0 Å². The summed E-state index contributed by atoms with van der Waals surface area (Å²) in [6.07, 6.45) is 0. The number of benzene rings is 2. The van der Waals surface area contributed by atoms with Gasteiger partial charge in [-0.3, -0.25) is 4.79 Å². The van der Waals surface area contributed by atoms with Gasteiger partial charge in [-0.25, -0.2) is 4.21 Å². The molecule has 24 heavy (non-hydrogen) atoms. The van der Waals surface area contributed by atoms with E-state index in [1.807, 2.05) is 39.0 Å². The minimum atomic E-state index is -1.63. The molecule has 0 saturated heterocycles. The lowest BCUT2D eigenvalue weighted by molar-refractivity contribution is 0.105. The highest BCUT2D eigenvalue weighted by Crippen LogP contribution is 2.21. The molecule has 126 valence electrons. The summed E-state index contributed by atoms with van der Waals surface area (Å²) in [5.74, 6) is -0.0599. The van der Waals surface area contributed by atoms with E-state index in [9.17, 15) is 9.00 Å². The molecule has 0 spiro atoms. The normalized spacial score (nSPS) is 12.8. The molecule has 1 atom stereocenters. The van der Waals surface area contributed by atoms with Crippen molar-refractivity contribution >= 4 is 22.6 Å². The van der Waals surface area contributed by atoms with Crippen molar-refractivity contribution in [3.63, 3.8) is 0 Å². The maximum Gasteiger partial charge on any atom is 0.228 e. The first-order valence-corrected chi connectivity index (χ1v) is 8.77. The molecular formula is C19H22N2O2S. The first kappa shape index (κ1) is 18.1. The maximum atomic E-state index is 12.8. The maximum absolute atomic E-state index is 12.8. The number of carbonyl (C=O) groups is 1. The standard InChI is InChI=1S/C19H22N2O2S/c1-13-11-14(2)18(15(3)12-13)24(23)20-19(21(4)5)17(22)16-9-7-6-8-10-16/h6-12H,1-5H3/b20-19+/t24-/m0/s1. The van der Waals surface area contributed by atoms with Gasteiger partial charge in [0.1, 0.15) is 0 Å². The third-order valence-corrected chi connectivity index (χ3v) is 4.94. The lowest BCUT2D eigenvalue weighted by atomic mass is 10.1. The topological polar surface area (TPSA) is 49.7 Å². The predicted octanol–water partition coefficient (Wildman–Crippen LogP) is 3.48. The monoisotopic (exact) mass is 342 g/mol. The summed E-state index contributed by atoms with van der Waals surface area (Å²) in [5.41, 5.74) is 3.47. The zero-order valence-corrected chi connectivity index (χ0v) is 15.5. The van der Waals surface area contributed by atoms with E-state index in [1.165, 1.54) is 0 Å². The van der Waals surface area contributed by atoms with Crippen LogP contribution in [0.1, 0.15) is 27.0 Å². The van der Waals surface area contributed by atoms with Gasteiger partial charge in [0.2, 0.25) is 5.78 Å². The second-order valence-electron chi connectivity index (χ2n) is 5.98. The smallest absolute Gasteiger partial charge is 0.228 e. The Hall–Kier alpha value is -2.27. The molecule has 2 aromatic carbocycles. The van der Waals surface area contributed by atoms with Gasteiger partial charge in [0.15, 0.2) is 16.8 Å². The highest BCUT2D eigenvalue weighted by molar-refractivity contribution is 7.84. The Morgan fingerprint density at radius 3 is 2.04 bits per heavy atom. The molecule has 0 aliphatic carbocycles. The predicted molar refractivity (Wildman–Crippen MR) is 99.0 cm³/mol. The number of nitrogens with zero attached hydrogens (tertiary/aromatic N) is 2. The van der Waals surface area contributed by atoms with Crippen molar-refractivity contribution in [2.24, 2.45) is 4.40 Å². The Balaban J connectivity index is 2.45. The first-order valence-electron chi connectivity index (χ1n) is 7.66. The van der Waals surface area contributed by atoms with Gasteiger partial charge in [0.25, 0.3) is 0 Å². The first-order chi connectivity index (χ1) is 11.3. The van der Waals surface area contributed by atoms with E-state index in [1.54, 1.807) is 43.3 Å². The molecule has 0 N–H and O–H groups in total. The van der Waals surface area contributed by atoms with Crippen LogP contribution in [0.5, 0.6) is 0 Å². The van der Waals surface area contributed by atoms with Gasteiger partial charge in [-0.2, -0.15) is 4.40 Å². The van der Waals surface area contributed by atoms with Crippen molar-refractivity contribution < 1.29 is 9.00 Å². The second kappa shape index (κ2) is 7.53. The zero-order valence-electron chi connectivity index (χ0n) is 14.7. The summed E-state index contributed by atoms with van der Waals surface area (Å²) < 4.78 is 17.0. The van der Waals surface area contributed by atoms with Crippen molar-refractivity contribution in [1.82, 2.24) is 4.90 Å². The summed E-state index contributed by atoms with van der Waals surface area (Å²) in [6.45, 7) is 5.83. The molecule has 2 rings (SSSR count). The molecule has 0 radical (unpaired) electrons. The van der Waals surface area contributed by atoms with Gasteiger partial charge in [0.05, 0.1) is 4.90 Å². The van der Waals surface area contributed by atoms with Crippen LogP contribution in [0.25, 0.3) is 0 Å². The molecule has 0 fully saturated rings. The lowest BCUT2D eigenvalue weighted by Crippen LogP contribution is -2.31. The number of Topliss-reactive ketones (excluding diaryl/α,β-unsaturated/α-hetero) is 1. The second-order valence-corrected chi connectivity index (χ2v) is 7.07. The Morgan fingerprint density at radius 1 is 1.00 bits per heavy atom. The van der Waals surface area contributed by atoms with Gasteiger partial charge >= 0.3 is 0 Å². The number of carbonyl (C=O) groups excluding carboxylic acids is 1. The van der Waals surface area contributed by atoms with E-state index in [2.05, 4.69) is 4.40 Å². The van der Waals surface area contributed by atoms with Crippen LogP contribution in [-0.4, -0.2) is 34.8 Å². The molecule has 0 saturated carbocycles. The van der Waals surface area contributed by atoms with Crippen molar-refractivity contribution in [3.05, 3.63) is 64.7 Å². The van der Waals surface area contributed by atoms with E-state index >= 15 is 0 Å². The number of ketones is 1. The number of aryl methyl sites for hydroxylation is 3. The number of likely N-dealkylation sites (N-methyl/N-ethyl adjacent to an activating group) is 1. The van der Waals surface area contributed by atoms with Crippen LogP contribution in [0, 0.1) is 20.8 Å². The van der Waals surface area contributed by atoms with Gasteiger partial charge < -0.3 is 4.90 Å². The Bertz CT molecular complexity index is 788. The molecule has 0 heterocycles. The summed E-state index contributed by atoms with van der Waals surface area (Å²) in [4.78, 5) is 14.9. The van der Waals surface area contributed by atoms with Crippen LogP contribution in [0.15, 0.2) is 51.8 Å². The summed E-state index contributed by atoms with van der Waals surface area (Å²) in [6, 6.07) is 12.9. The third-order valence-electron chi connectivity index (χ3n) is 3.61. The summed E-state index contributed by atoms with van der Waals surface area (Å²) in [7, 11) is 1.82. The van der Waals surface area contributed by atoms with Crippen molar-refractivity contribution in [2.75, 3.05) is 14.1 Å². The SMILES string of the molecule is Cc1cc(C)c([S@](=O)/N=C(\C(=O)c2ccccc2)N(C)C)c(C)c1. The fourth-order valence-corrected chi connectivity index (χ4v) is 3.77. The Labute approximate surface area is 145 Å². The molecule has 0 aromatic heterocycles. The number of hydrogen-bond donors (Lipinski definition) is 0. The van der Waals surface area contributed by atoms with Crippen molar-refractivity contribution in [1.29, 1.82) is 0 Å². The fraction of sp³-hybridized carbons (Fsp3) is 0.263. The van der Waals surface area contributed by atoms with Crippen LogP contribution in [0.2, 0.25) is 0 Å². The molecular weight excluding hydrogens is 320 g/mol. The van der Waals surface area contributed by atoms with Crippen LogP contribution < -0.4 is 0 Å². The Morgan fingerprint density at radius 2 is 1.54 bits per heavy atom. The Kier molecular flexibility index (Phi) is 5.67. The molecule has 2 aromatic rings. The van der Waals surface area contributed by atoms with E-state index in [0.717, 1.165) is 16.7 Å². The van der Waals surface area contributed by atoms with Crippen molar-refractivity contribution in [2.45, 2.75) is 25.7 Å². The molecule has 0 aliphatic heterocycles. The minimum Gasteiger partial charge on any atom is -0.359 e. The van der Waals surface area contributed by atoms with E-state index < -0.39 is 11.0 Å². The molecule has 0 amide bonds. The third kappa shape index (κ3) is 3.97. The number of amidine groups is 1. The van der Waals surface area contributed by atoms with Crippen LogP contribution in [0.4, 0.5) is 0 Å². The highest BCUT2D eigenvalue weighted by Gasteiger charge is 2.19. The van der Waals surface area contributed by atoms with Gasteiger partial charge in [-0.15, -0.1) is 0 Å². The molecule has 0 unspecified atom stereocenters. The lowest BCUT2D eigenvalue weighted by Gasteiger charge is -2.15.